The van der Waals surface area contributed by atoms with E-state index in [2.05, 4.69) is 22.3 Å². The molecular formula is C17H20N4O2. The second kappa shape index (κ2) is 7.11. The van der Waals surface area contributed by atoms with Gasteiger partial charge in [-0.05, 0) is 18.6 Å². The lowest BCUT2D eigenvalue weighted by Gasteiger charge is -2.15. The molecule has 0 saturated carbocycles. The van der Waals surface area contributed by atoms with Gasteiger partial charge in [-0.1, -0.05) is 25.1 Å². The summed E-state index contributed by atoms with van der Waals surface area (Å²) in [5, 5.41) is 17.5. The molecule has 3 aromatic rings. The molecule has 0 aliphatic carbocycles. The van der Waals surface area contributed by atoms with E-state index in [9.17, 15) is 5.11 Å². The Morgan fingerprint density at radius 3 is 2.87 bits per heavy atom. The fourth-order valence-electron chi connectivity index (χ4n) is 2.26. The topological polar surface area (TPSA) is 71.7 Å². The monoisotopic (exact) mass is 312 g/mol. The quantitative estimate of drug-likeness (QED) is 0.699. The van der Waals surface area contributed by atoms with E-state index < -0.39 is 6.10 Å². The zero-order valence-electron chi connectivity index (χ0n) is 13.0. The van der Waals surface area contributed by atoms with Crippen LogP contribution in [0, 0.1) is 0 Å². The number of aryl methyl sites for hydroxylation is 1. The number of aromatic nitrogens is 3. The van der Waals surface area contributed by atoms with Crippen LogP contribution in [0.5, 0.6) is 5.75 Å². The van der Waals surface area contributed by atoms with E-state index in [0.29, 0.717) is 6.54 Å². The van der Waals surface area contributed by atoms with Gasteiger partial charge in [0.15, 0.2) is 5.65 Å². The molecule has 2 N–H and O–H groups in total. The van der Waals surface area contributed by atoms with Crippen molar-refractivity contribution in [1.29, 1.82) is 0 Å². The standard InChI is InChI=1S/C17H20N4O2/c1-2-13-10-17(21-16(20-13)8-9-19-21)18-11-14(22)12-23-15-6-4-3-5-7-15/h3-10,14,18,22H,2,11-12H2,1H3/t14-/m1/s1. The number of anilines is 1. The van der Waals surface area contributed by atoms with Crippen molar-refractivity contribution in [2.45, 2.75) is 19.4 Å². The number of hydrogen-bond donors (Lipinski definition) is 2. The maximum Gasteiger partial charge on any atom is 0.157 e. The van der Waals surface area contributed by atoms with E-state index in [1.54, 1.807) is 10.7 Å². The van der Waals surface area contributed by atoms with Gasteiger partial charge in [-0.2, -0.15) is 9.61 Å². The van der Waals surface area contributed by atoms with E-state index in [-0.39, 0.29) is 6.61 Å². The second-order valence-corrected chi connectivity index (χ2v) is 5.25. The van der Waals surface area contributed by atoms with E-state index in [4.69, 9.17) is 4.74 Å². The third-order valence-electron chi connectivity index (χ3n) is 3.48. The van der Waals surface area contributed by atoms with Crippen molar-refractivity contribution in [2.24, 2.45) is 0 Å². The minimum absolute atomic E-state index is 0.227. The van der Waals surface area contributed by atoms with Gasteiger partial charge in [0, 0.05) is 24.4 Å². The van der Waals surface area contributed by atoms with E-state index in [0.717, 1.165) is 29.3 Å². The molecule has 0 radical (unpaired) electrons. The summed E-state index contributed by atoms with van der Waals surface area (Å²) in [5.74, 6) is 1.56. The van der Waals surface area contributed by atoms with E-state index in [1.807, 2.05) is 42.5 Å². The highest BCUT2D eigenvalue weighted by molar-refractivity contribution is 5.49. The Bertz CT molecular complexity index is 758. The number of fused-ring (bicyclic) bond motifs is 1. The average Bonchev–Trinajstić information content (AvgIpc) is 3.07. The van der Waals surface area contributed by atoms with Crippen LogP contribution in [0.15, 0.2) is 48.7 Å². The zero-order chi connectivity index (χ0) is 16.1. The van der Waals surface area contributed by atoms with Crippen molar-refractivity contribution in [2.75, 3.05) is 18.5 Å². The molecule has 1 aromatic carbocycles. The summed E-state index contributed by atoms with van der Waals surface area (Å²) in [6, 6.07) is 13.3. The number of para-hydroxylation sites is 1. The number of rotatable bonds is 7. The van der Waals surface area contributed by atoms with Crippen LogP contribution in [0.1, 0.15) is 12.6 Å². The van der Waals surface area contributed by atoms with Gasteiger partial charge in [0.2, 0.25) is 0 Å². The molecule has 3 rings (SSSR count). The van der Waals surface area contributed by atoms with Crippen LogP contribution in [0.2, 0.25) is 0 Å². The normalized spacial score (nSPS) is 12.3. The van der Waals surface area contributed by atoms with Crippen molar-refractivity contribution in [3.63, 3.8) is 0 Å². The Morgan fingerprint density at radius 1 is 1.26 bits per heavy atom. The molecule has 0 spiro atoms. The minimum Gasteiger partial charge on any atom is -0.491 e. The molecule has 0 unspecified atom stereocenters. The second-order valence-electron chi connectivity index (χ2n) is 5.25. The number of nitrogens with one attached hydrogen (secondary N) is 1. The van der Waals surface area contributed by atoms with Crippen molar-refractivity contribution < 1.29 is 9.84 Å². The first-order valence-corrected chi connectivity index (χ1v) is 7.69. The number of hydrogen-bond acceptors (Lipinski definition) is 5. The molecule has 0 bridgehead atoms. The van der Waals surface area contributed by atoms with Crippen molar-refractivity contribution in [3.05, 3.63) is 54.4 Å². The van der Waals surface area contributed by atoms with Gasteiger partial charge in [0.25, 0.3) is 0 Å². The van der Waals surface area contributed by atoms with Crippen LogP contribution in [-0.4, -0.2) is 39.0 Å². The lowest BCUT2D eigenvalue weighted by molar-refractivity contribution is 0.117. The third kappa shape index (κ3) is 3.78. The molecule has 0 saturated heterocycles. The number of aliphatic hydroxyl groups excluding tert-OH is 1. The van der Waals surface area contributed by atoms with Crippen LogP contribution in [0.25, 0.3) is 5.65 Å². The average molecular weight is 312 g/mol. The van der Waals surface area contributed by atoms with Crippen LogP contribution >= 0.6 is 0 Å². The molecule has 0 aliphatic rings. The Kier molecular flexibility index (Phi) is 4.73. The van der Waals surface area contributed by atoms with Gasteiger partial charge in [-0.15, -0.1) is 0 Å². The zero-order valence-corrected chi connectivity index (χ0v) is 13.0. The van der Waals surface area contributed by atoms with Crippen LogP contribution in [0.4, 0.5) is 5.82 Å². The molecule has 2 aromatic heterocycles. The largest absolute Gasteiger partial charge is 0.491 e. The smallest absolute Gasteiger partial charge is 0.157 e. The molecule has 1 atom stereocenters. The van der Waals surface area contributed by atoms with Crippen LogP contribution in [0.3, 0.4) is 0 Å². The van der Waals surface area contributed by atoms with Crippen molar-refractivity contribution >= 4 is 11.5 Å². The van der Waals surface area contributed by atoms with E-state index >= 15 is 0 Å². The third-order valence-corrected chi connectivity index (χ3v) is 3.48. The fourth-order valence-corrected chi connectivity index (χ4v) is 2.26. The summed E-state index contributed by atoms with van der Waals surface area (Å²) in [5.41, 5.74) is 1.78. The summed E-state index contributed by atoms with van der Waals surface area (Å²) in [4.78, 5) is 4.49. The molecule has 120 valence electrons. The Hall–Kier alpha value is -2.60. The van der Waals surface area contributed by atoms with Crippen LogP contribution in [-0.2, 0) is 6.42 Å². The summed E-state index contributed by atoms with van der Waals surface area (Å²) < 4.78 is 7.27. The molecule has 6 nitrogen and oxygen atoms in total. The van der Waals surface area contributed by atoms with Gasteiger partial charge < -0.3 is 15.2 Å². The Labute approximate surface area is 134 Å². The van der Waals surface area contributed by atoms with Gasteiger partial charge in [0.05, 0.1) is 6.20 Å². The van der Waals surface area contributed by atoms with Crippen molar-refractivity contribution in [3.8, 4) is 5.75 Å². The highest BCUT2D eigenvalue weighted by atomic mass is 16.5. The van der Waals surface area contributed by atoms with Gasteiger partial charge in [-0.25, -0.2) is 4.98 Å². The molecule has 6 heteroatoms. The first-order valence-electron chi connectivity index (χ1n) is 7.69. The first-order chi connectivity index (χ1) is 11.3. The predicted molar refractivity (Wildman–Crippen MR) is 88.8 cm³/mol. The maximum absolute atomic E-state index is 10.1. The Balaban J connectivity index is 1.60. The highest BCUT2D eigenvalue weighted by Gasteiger charge is 2.09. The summed E-state index contributed by atoms with van der Waals surface area (Å²) in [6.45, 7) is 2.65. The summed E-state index contributed by atoms with van der Waals surface area (Å²) >= 11 is 0. The molecule has 23 heavy (non-hydrogen) atoms. The SMILES string of the molecule is CCc1cc(NC[C@@H](O)COc2ccccc2)n2nccc2n1. The van der Waals surface area contributed by atoms with Crippen LogP contribution < -0.4 is 10.1 Å². The fraction of sp³-hybridized carbons (Fsp3) is 0.294. The first kappa shape index (κ1) is 15.3. The molecule has 0 amide bonds. The van der Waals surface area contributed by atoms with Crippen molar-refractivity contribution in [1.82, 2.24) is 14.6 Å². The lowest BCUT2D eigenvalue weighted by atomic mass is 10.3. The summed E-state index contributed by atoms with van der Waals surface area (Å²) in [6.07, 6.45) is 1.93. The van der Waals surface area contributed by atoms with Gasteiger partial charge in [0.1, 0.15) is 24.3 Å². The van der Waals surface area contributed by atoms with Gasteiger partial charge >= 0.3 is 0 Å². The molecular weight excluding hydrogens is 292 g/mol. The molecule has 0 aliphatic heterocycles. The predicted octanol–water partition coefficient (Wildman–Crippen LogP) is 2.14. The highest BCUT2D eigenvalue weighted by Crippen LogP contribution is 2.13. The molecule has 2 heterocycles. The molecule has 0 fully saturated rings. The summed E-state index contributed by atoms with van der Waals surface area (Å²) in [7, 11) is 0. The number of ether oxygens (including phenoxy) is 1. The lowest BCUT2D eigenvalue weighted by Crippen LogP contribution is -2.27. The minimum atomic E-state index is -0.626. The number of aliphatic hydroxyl groups is 1. The maximum atomic E-state index is 10.1. The Morgan fingerprint density at radius 2 is 2.09 bits per heavy atom. The number of benzene rings is 1. The number of nitrogens with zero attached hydrogens (tertiary/aromatic N) is 3. The van der Waals surface area contributed by atoms with E-state index in [1.165, 1.54) is 0 Å². The van der Waals surface area contributed by atoms with Gasteiger partial charge in [-0.3, -0.25) is 0 Å².